The van der Waals surface area contributed by atoms with Crippen LogP contribution in [0.15, 0.2) is 91.0 Å². The van der Waals surface area contributed by atoms with Crippen LogP contribution in [-0.4, -0.2) is 29.9 Å². The fourth-order valence-corrected chi connectivity index (χ4v) is 3.72. The molecule has 3 aromatic carbocycles. The van der Waals surface area contributed by atoms with Gasteiger partial charge in [-0.15, -0.1) is 0 Å². The van der Waals surface area contributed by atoms with E-state index in [2.05, 4.69) is 0 Å². The third kappa shape index (κ3) is 3.44. The van der Waals surface area contributed by atoms with Crippen LogP contribution in [0.25, 0.3) is 0 Å². The number of hydrogen-bond acceptors (Lipinski definition) is 4. The highest BCUT2D eigenvalue weighted by Crippen LogP contribution is 2.40. The Morgan fingerprint density at radius 2 is 1.25 bits per heavy atom. The number of benzene rings is 3. The van der Waals surface area contributed by atoms with Gasteiger partial charge in [0.2, 0.25) is 0 Å². The number of aliphatic hydroxyl groups is 1. The highest BCUT2D eigenvalue weighted by Gasteiger charge is 2.41. The smallest absolute Gasteiger partial charge is 0.309 e. The van der Waals surface area contributed by atoms with E-state index in [0.29, 0.717) is 0 Å². The summed E-state index contributed by atoms with van der Waals surface area (Å²) in [6, 6.07) is 29.9. The van der Waals surface area contributed by atoms with E-state index in [4.69, 9.17) is 9.47 Å². The van der Waals surface area contributed by atoms with Gasteiger partial charge in [0, 0.05) is 0 Å². The van der Waals surface area contributed by atoms with Crippen molar-refractivity contribution < 1.29 is 19.4 Å². The molecule has 142 valence electrons. The van der Waals surface area contributed by atoms with Gasteiger partial charge in [-0.3, -0.25) is 4.79 Å². The SMILES string of the molecule is O=C1C[C@H](O)[C@@H](COC(c2ccccc2)(c2ccccc2)c2ccccc2)O1. The normalized spacial score (nSPS) is 19.4. The first kappa shape index (κ1) is 18.4. The Morgan fingerprint density at radius 1 is 0.821 bits per heavy atom. The van der Waals surface area contributed by atoms with Gasteiger partial charge in [0.25, 0.3) is 0 Å². The van der Waals surface area contributed by atoms with Crippen molar-refractivity contribution >= 4 is 5.97 Å². The molecule has 3 aromatic rings. The molecule has 0 radical (unpaired) electrons. The fraction of sp³-hybridized carbons (Fsp3) is 0.208. The lowest BCUT2D eigenvalue weighted by Gasteiger charge is -2.36. The maximum atomic E-state index is 11.6. The molecule has 1 aliphatic rings. The van der Waals surface area contributed by atoms with E-state index in [0.717, 1.165) is 16.7 Å². The van der Waals surface area contributed by atoms with Gasteiger partial charge in [-0.25, -0.2) is 0 Å². The van der Waals surface area contributed by atoms with Crippen molar-refractivity contribution in [3.63, 3.8) is 0 Å². The minimum atomic E-state index is -0.890. The van der Waals surface area contributed by atoms with Crippen LogP contribution in [0.2, 0.25) is 0 Å². The Morgan fingerprint density at radius 3 is 1.61 bits per heavy atom. The number of ether oxygens (including phenoxy) is 2. The summed E-state index contributed by atoms with van der Waals surface area (Å²) in [5, 5.41) is 10.1. The average molecular weight is 374 g/mol. The van der Waals surface area contributed by atoms with Crippen LogP contribution in [0.5, 0.6) is 0 Å². The molecule has 4 rings (SSSR count). The molecule has 1 heterocycles. The first-order chi connectivity index (χ1) is 13.7. The zero-order chi connectivity index (χ0) is 19.4. The van der Waals surface area contributed by atoms with E-state index in [1.165, 1.54) is 0 Å². The summed E-state index contributed by atoms with van der Waals surface area (Å²) in [5.41, 5.74) is 2.00. The molecule has 0 amide bonds. The molecular weight excluding hydrogens is 352 g/mol. The number of carbonyl (C=O) groups is 1. The van der Waals surface area contributed by atoms with Gasteiger partial charge in [0.05, 0.1) is 13.0 Å². The van der Waals surface area contributed by atoms with E-state index in [1.807, 2.05) is 91.0 Å². The molecule has 1 aliphatic heterocycles. The standard InChI is InChI=1S/C24H22O4/c25-21-16-23(26)28-22(21)17-27-24(18-10-4-1-5-11-18,19-12-6-2-7-13-19)20-14-8-3-9-15-20/h1-15,21-22,25H,16-17H2/t21-,22+/m0/s1. The summed E-state index contributed by atoms with van der Waals surface area (Å²) in [7, 11) is 0. The lowest BCUT2D eigenvalue weighted by atomic mass is 9.80. The largest absolute Gasteiger partial charge is 0.457 e. The summed E-state index contributed by atoms with van der Waals surface area (Å²) in [6.45, 7) is 0.0889. The van der Waals surface area contributed by atoms with Crippen LogP contribution in [0.1, 0.15) is 23.1 Å². The fourth-order valence-electron chi connectivity index (χ4n) is 3.72. The molecule has 4 nitrogen and oxygen atoms in total. The third-order valence-corrected chi connectivity index (χ3v) is 5.09. The molecule has 2 atom stereocenters. The molecule has 1 N–H and O–H groups in total. The average Bonchev–Trinajstić information content (AvgIpc) is 3.08. The first-order valence-corrected chi connectivity index (χ1v) is 9.38. The van der Waals surface area contributed by atoms with E-state index >= 15 is 0 Å². The number of aliphatic hydroxyl groups excluding tert-OH is 1. The van der Waals surface area contributed by atoms with Crippen molar-refractivity contribution in [2.24, 2.45) is 0 Å². The highest BCUT2D eigenvalue weighted by atomic mass is 16.6. The lowest BCUT2D eigenvalue weighted by molar-refractivity contribution is -0.146. The van der Waals surface area contributed by atoms with Gasteiger partial charge in [-0.1, -0.05) is 91.0 Å². The zero-order valence-corrected chi connectivity index (χ0v) is 15.4. The molecule has 0 aliphatic carbocycles. The second-order valence-electron chi connectivity index (χ2n) is 6.89. The Hall–Kier alpha value is -2.95. The molecule has 0 spiro atoms. The number of hydrogen-bond donors (Lipinski definition) is 1. The molecule has 0 aromatic heterocycles. The summed E-state index contributed by atoms with van der Waals surface area (Å²) in [5.74, 6) is -0.397. The zero-order valence-electron chi connectivity index (χ0n) is 15.4. The van der Waals surface area contributed by atoms with Gasteiger partial charge >= 0.3 is 5.97 Å². The quantitative estimate of drug-likeness (QED) is 0.528. The van der Waals surface area contributed by atoms with Crippen molar-refractivity contribution in [1.82, 2.24) is 0 Å². The highest BCUT2D eigenvalue weighted by molar-refractivity contribution is 5.72. The topological polar surface area (TPSA) is 55.8 Å². The molecular formula is C24H22O4. The van der Waals surface area contributed by atoms with Crippen LogP contribution in [0.4, 0.5) is 0 Å². The molecule has 28 heavy (non-hydrogen) atoms. The van der Waals surface area contributed by atoms with Crippen molar-refractivity contribution in [3.8, 4) is 0 Å². The predicted octanol–water partition coefficient (Wildman–Crippen LogP) is 3.67. The lowest BCUT2D eigenvalue weighted by Crippen LogP contribution is -2.38. The molecule has 0 saturated carbocycles. The van der Waals surface area contributed by atoms with Gasteiger partial charge < -0.3 is 14.6 Å². The van der Waals surface area contributed by atoms with Gasteiger partial charge in [-0.2, -0.15) is 0 Å². The minimum absolute atomic E-state index is 0.00301. The summed E-state index contributed by atoms with van der Waals surface area (Å²) >= 11 is 0. The van der Waals surface area contributed by atoms with E-state index < -0.39 is 23.8 Å². The van der Waals surface area contributed by atoms with E-state index in [-0.39, 0.29) is 13.0 Å². The molecule has 4 heteroatoms. The maximum absolute atomic E-state index is 11.6. The van der Waals surface area contributed by atoms with Crippen molar-refractivity contribution in [2.75, 3.05) is 6.61 Å². The maximum Gasteiger partial charge on any atom is 0.309 e. The van der Waals surface area contributed by atoms with Crippen LogP contribution >= 0.6 is 0 Å². The van der Waals surface area contributed by atoms with Crippen LogP contribution in [0.3, 0.4) is 0 Å². The van der Waals surface area contributed by atoms with Gasteiger partial charge in [-0.05, 0) is 16.7 Å². The molecule has 1 saturated heterocycles. The minimum Gasteiger partial charge on any atom is -0.457 e. The van der Waals surface area contributed by atoms with Crippen molar-refractivity contribution in [2.45, 2.75) is 24.2 Å². The molecule has 0 unspecified atom stereocenters. The summed E-state index contributed by atoms with van der Waals surface area (Å²) in [6.07, 6.45) is -1.53. The monoisotopic (exact) mass is 374 g/mol. The Balaban J connectivity index is 1.82. The van der Waals surface area contributed by atoms with Gasteiger partial charge in [0.1, 0.15) is 11.7 Å². The van der Waals surface area contributed by atoms with E-state index in [1.54, 1.807) is 0 Å². The third-order valence-electron chi connectivity index (χ3n) is 5.09. The number of carbonyl (C=O) groups excluding carboxylic acids is 1. The van der Waals surface area contributed by atoms with Crippen LogP contribution in [0, 0.1) is 0 Å². The second-order valence-corrected chi connectivity index (χ2v) is 6.89. The summed E-state index contributed by atoms with van der Waals surface area (Å²) in [4.78, 5) is 11.6. The Labute approximate surface area is 164 Å². The number of cyclic esters (lactones) is 1. The van der Waals surface area contributed by atoms with Crippen molar-refractivity contribution in [3.05, 3.63) is 108 Å². The Kier molecular flexibility index (Phi) is 5.24. The van der Waals surface area contributed by atoms with Crippen LogP contribution in [-0.2, 0) is 19.9 Å². The Bertz CT molecular complexity index is 812. The second kappa shape index (κ2) is 7.97. The molecule has 0 bridgehead atoms. The first-order valence-electron chi connectivity index (χ1n) is 9.38. The van der Waals surface area contributed by atoms with Crippen LogP contribution < -0.4 is 0 Å². The number of esters is 1. The predicted molar refractivity (Wildman–Crippen MR) is 106 cm³/mol. The van der Waals surface area contributed by atoms with Gasteiger partial charge in [0.15, 0.2) is 6.10 Å². The molecule has 1 fully saturated rings. The van der Waals surface area contributed by atoms with Crippen molar-refractivity contribution in [1.29, 1.82) is 0 Å². The number of rotatable bonds is 6. The van der Waals surface area contributed by atoms with E-state index in [9.17, 15) is 9.90 Å². The summed E-state index contributed by atoms with van der Waals surface area (Å²) < 4.78 is 11.8.